The molecule has 2 unspecified atom stereocenters. The van der Waals surface area contributed by atoms with Gasteiger partial charge in [0.1, 0.15) is 5.76 Å². The fraction of sp³-hybridized carbons (Fsp3) is 0.583. The van der Waals surface area contributed by atoms with Gasteiger partial charge in [-0.1, -0.05) is 0 Å². The smallest absolute Gasteiger partial charge is 0.289 e. The highest BCUT2D eigenvalue weighted by Crippen LogP contribution is 2.27. The zero-order chi connectivity index (χ0) is 11.1. The molecule has 0 bridgehead atoms. The van der Waals surface area contributed by atoms with E-state index >= 15 is 0 Å². The molecule has 2 atom stereocenters. The molecule has 86 valence electrons. The molecule has 3 rings (SSSR count). The van der Waals surface area contributed by atoms with Crippen molar-refractivity contribution < 1.29 is 9.21 Å². The Kier molecular flexibility index (Phi) is 2.24. The Balaban J connectivity index is 1.72. The number of fused-ring (bicyclic) bond motifs is 1. The van der Waals surface area contributed by atoms with Gasteiger partial charge in [-0.05, 0) is 38.4 Å². The molecule has 0 spiro atoms. The van der Waals surface area contributed by atoms with E-state index in [4.69, 9.17) is 4.42 Å². The normalized spacial score (nSPS) is 28.4. The highest BCUT2D eigenvalue weighted by molar-refractivity contribution is 5.92. The first-order valence-electron chi connectivity index (χ1n) is 5.86. The second kappa shape index (κ2) is 3.63. The molecular weight excluding hydrogens is 204 g/mol. The summed E-state index contributed by atoms with van der Waals surface area (Å²) in [5, 5.41) is 3.44. The molecule has 16 heavy (non-hydrogen) atoms. The second-order valence-electron chi connectivity index (χ2n) is 4.64. The summed E-state index contributed by atoms with van der Waals surface area (Å²) in [7, 11) is 0. The Bertz CT molecular complexity index is 413. The van der Waals surface area contributed by atoms with Crippen molar-refractivity contribution in [2.45, 2.75) is 31.8 Å². The van der Waals surface area contributed by atoms with Gasteiger partial charge in [0.25, 0.3) is 5.91 Å². The number of aryl methyl sites for hydroxylation is 1. The number of nitrogens with one attached hydrogen (secondary N) is 1. The number of rotatable bonds is 1. The van der Waals surface area contributed by atoms with Gasteiger partial charge in [-0.3, -0.25) is 4.79 Å². The maximum atomic E-state index is 12.1. The summed E-state index contributed by atoms with van der Waals surface area (Å²) in [6.45, 7) is 3.77. The summed E-state index contributed by atoms with van der Waals surface area (Å²) in [6.07, 6.45) is 2.27. The van der Waals surface area contributed by atoms with E-state index in [1.807, 2.05) is 17.9 Å². The van der Waals surface area contributed by atoms with Crippen molar-refractivity contribution in [3.8, 4) is 0 Å². The molecule has 4 heteroatoms. The van der Waals surface area contributed by atoms with Gasteiger partial charge in [0.2, 0.25) is 0 Å². The van der Waals surface area contributed by atoms with Crippen LogP contribution in [0.15, 0.2) is 16.5 Å². The van der Waals surface area contributed by atoms with Crippen LogP contribution in [0.4, 0.5) is 0 Å². The number of hydrogen-bond acceptors (Lipinski definition) is 3. The summed E-state index contributed by atoms with van der Waals surface area (Å²) in [5.41, 5.74) is 0. The number of piperidine rings is 1. The molecule has 2 aliphatic rings. The fourth-order valence-electron chi connectivity index (χ4n) is 2.63. The lowest BCUT2D eigenvalue weighted by molar-refractivity contribution is 0.0147. The van der Waals surface area contributed by atoms with Gasteiger partial charge in [-0.2, -0.15) is 0 Å². The topological polar surface area (TPSA) is 45.5 Å². The van der Waals surface area contributed by atoms with Crippen LogP contribution in [0.5, 0.6) is 0 Å². The van der Waals surface area contributed by atoms with Crippen molar-refractivity contribution >= 4 is 5.91 Å². The van der Waals surface area contributed by atoms with Crippen LogP contribution in [0.1, 0.15) is 29.2 Å². The van der Waals surface area contributed by atoms with Gasteiger partial charge in [-0.25, -0.2) is 0 Å². The van der Waals surface area contributed by atoms with Crippen LogP contribution in [0.25, 0.3) is 0 Å². The van der Waals surface area contributed by atoms with Gasteiger partial charge in [-0.15, -0.1) is 0 Å². The van der Waals surface area contributed by atoms with E-state index in [1.54, 1.807) is 6.07 Å². The van der Waals surface area contributed by atoms with Gasteiger partial charge < -0.3 is 14.6 Å². The third-order valence-corrected chi connectivity index (χ3v) is 3.55. The number of nitrogens with zero attached hydrogens (tertiary/aromatic N) is 1. The lowest BCUT2D eigenvalue weighted by Gasteiger charge is -2.50. The molecule has 0 aliphatic carbocycles. The molecule has 3 heterocycles. The predicted molar refractivity (Wildman–Crippen MR) is 59.3 cm³/mol. The Morgan fingerprint density at radius 1 is 1.56 bits per heavy atom. The molecule has 2 fully saturated rings. The first-order valence-corrected chi connectivity index (χ1v) is 5.86. The summed E-state index contributed by atoms with van der Waals surface area (Å²) in [6, 6.07) is 4.49. The molecule has 0 radical (unpaired) electrons. The van der Waals surface area contributed by atoms with Crippen molar-refractivity contribution in [1.29, 1.82) is 0 Å². The molecule has 0 saturated carbocycles. The second-order valence-corrected chi connectivity index (χ2v) is 4.64. The molecular formula is C12H16N2O2. The minimum Gasteiger partial charge on any atom is -0.456 e. The Hall–Kier alpha value is -1.29. The van der Waals surface area contributed by atoms with E-state index in [9.17, 15) is 4.79 Å². The molecule has 1 aromatic rings. The van der Waals surface area contributed by atoms with Gasteiger partial charge >= 0.3 is 0 Å². The van der Waals surface area contributed by atoms with Crippen LogP contribution in [-0.4, -0.2) is 36.0 Å². The van der Waals surface area contributed by atoms with Crippen LogP contribution in [0.2, 0.25) is 0 Å². The lowest BCUT2D eigenvalue weighted by atomic mass is 9.88. The maximum absolute atomic E-state index is 12.1. The monoisotopic (exact) mass is 220 g/mol. The van der Waals surface area contributed by atoms with Crippen molar-refractivity contribution in [3.05, 3.63) is 23.7 Å². The zero-order valence-corrected chi connectivity index (χ0v) is 9.40. The molecule has 0 aromatic carbocycles. The maximum Gasteiger partial charge on any atom is 0.289 e. The molecule has 2 aliphatic heterocycles. The third-order valence-electron chi connectivity index (χ3n) is 3.55. The molecule has 2 saturated heterocycles. The third kappa shape index (κ3) is 1.45. The van der Waals surface area contributed by atoms with E-state index in [1.165, 1.54) is 0 Å². The van der Waals surface area contributed by atoms with Crippen LogP contribution < -0.4 is 5.32 Å². The highest BCUT2D eigenvalue weighted by Gasteiger charge is 2.43. The van der Waals surface area contributed by atoms with Crippen molar-refractivity contribution in [3.63, 3.8) is 0 Å². The van der Waals surface area contributed by atoms with Crippen molar-refractivity contribution in [1.82, 2.24) is 10.2 Å². The van der Waals surface area contributed by atoms with Crippen molar-refractivity contribution in [2.75, 3.05) is 13.1 Å². The Morgan fingerprint density at radius 3 is 3.12 bits per heavy atom. The number of carbonyl (C=O) groups is 1. The average Bonchev–Trinajstić information content (AvgIpc) is 2.67. The Morgan fingerprint density at radius 2 is 2.44 bits per heavy atom. The minimum absolute atomic E-state index is 0.0399. The summed E-state index contributed by atoms with van der Waals surface area (Å²) in [4.78, 5) is 14.0. The number of carbonyl (C=O) groups excluding carboxylic acids is 1. The summed E-state index contributed by atoms with van der Waals surface area (Å²) >= 11 is 0. The van der Waals surface area contributed by atoms with Crippen LogP contribution >= 0.6 is 0 Å². The number of furan rings is 1. The van der Waals surface area contributed by atoms with E-state index in [-0.39, 0.29) is 5.91 Å². The van der Waals surface area contributed by atoms with E-state index in [0.29, 0.717) is 17.8 Å². The first kappa shape index (κ1) is 9.90. The molecule has 4 nitrogen and oxygen atoms in total. The average molecular weight is 220 g/mol. The SMILES string of the molecule is Cc1ccc(C(=O)N2CC3NCCCC32)o1. The number of amides is 1. The van der Waals surface area contributed by atoms with Gasteiger partial charge in [0.05, 0.1) is 0 Å². The highest BCUT2D eigenvalue weighted by atomic mass is 16.3. The minimum atomic E-state index is 0.0399. The lowest BCUT2D eigenvalue weighted by Crippen LogP contribution is -2.69. The van der Waals surface area contributed by atoms with Crippen LogP contribution in [0.3, 0.4) is 0 Å². The van der Waals surface area contributed by atoms with E-state index < -0.39 is 0 Å². The summed E-state index contributed by atoms with van der Waals surface area (Å²) in [5.74, 6) is 1.31. The standard InChI is InChI=1S/C12H16N2O2/c1-8-4-5-11(16-8)12(15)14-7-9-10(14)3-2-6-13-9/h4-5,9-10,13H,2-3,6-7H2,1H3. The fourth-order valence-corrected chi connectivity index (χ4v) is 2.63. The molecule has 1 N–H and O–H groups in total. The molecule has 1 aromatic heterocycles. The van der Waals surface area contributed by atoms with Crippen LogP contribution in [-0.2, 0) is 0 Å². The van der Waals surface area contributed by atoms with E-state index in [0.717, 1.165) is 31.7 Å². The summed E-state index contributed by atoms with van der Waals surface area (Å²) < 4.78 is 5.37. The van der Waals surface area contributed by atoms with Crippen molar-refractivity contribution in [2.24, 2.45) is 0 Å². The Labute approximate surface area is 94.6 Å². The van der Waals surface area contributed by atoms with Crippen LogP contribution in [0, 0.1) is 6.92 Å². The predicted octanol–water partition coefficient (Wildman–Crippen LogP) is 1.16. The zero-order valence-electron chi connectivity index (χ0n) is 9.40. The number of likely N-dealkylation sites (tertiary alicyclic amines) is 1. The van der Waals surface area contributed by atoms with Gasteiger partial charge in [0, 0.05) is 18.6 Å². The van der Waals surface area contributed by atoms with Gasteiger partial charge in [0.15, 0.2) is 5.76 Å². The quantitative estimate of drug-likeness (QED) is 0.772. The van der Waals surface area contributed by atoms with E-state index in [2.05, 4.69) is 5.32 Å². The first-order chi connectivity index (χ1) is 7.75. The molecule has 1 amide bonds. The number of hydrogen-bond donors (Lipinski definition) is 1. The largest absolute Gasteiger partial charge is 0.456 e.